The van der Waals surface area contributed by atoms with Crippen molar-refractivity contribution in [1.29, 1.82) is 0 Å². The van der Waals surface area contributed by atoms with E-state index >= 15 is 0 Å². The second kappa shape index (κ2) is 8.63. The summed E-state index contributed by atoms with van der Waals surface area (Å²) in [5, 5.41) is 6.00. The Bertz CT molecular complexity index is 753. The van der Waals surface area contributed by atoms with Crippen molar-refractivity contribution in [3.8, 4) is 0 Å². The summed E-state index contributed by atoms with van der Waals surface area (Å²) in [6.45, 7) is 0. The van der Waals surface area contributed by atoms with Crippen LogP contribution in [0.1, 0.15) is 41.6 Å². The van der Waals surface area contributed by atoms with Crippen LogP contribution in [-0.2, 0) is 11.2 Å². The molecule has 0 aliphatic heterocycles. The quantitative estimate of drug-likeness (QED) is 0.774. The van der Waals surface area contributed by atoms with Gasteiger partial charge in [-0.15, -0.1) is 0 Å². The number of carbonyl (C=O) groups is 2. The average molecular weight is 351 g/mol. The lowest BCUT2D eigenvalue weighted by atomic mass is 9.91. The molecule has 0 unspecified atom stereocenters. The highest BCUT2D eigenvalue weighted by Crippen LogP contribution is 2.19. The van der Waals surface area contributed by atoms with Crippen molar-refractivity contribution in [1.82, 2.24) is 5.32 Å². The van der Waals surface area contributed by atoms with Crippen molar-refractivity contribution in [2.24, 2.45) is 5.73 Å². The number of anilines is 1. The molecule has 5 nitrogen and oxygen atoms in total. The van der Waals surface area contributed by atoms with E-state index in [-0.39, 0.29) is 30.3 Å². The molecule has 1 fully saturated rings. The lowest BCUT2D eigenvalue weighted by Crippen LogP contribution is -2.41. The first-order valence-electron chi connectivity index (χ1n) is 9.11. The third kappa shape index (κ3) is 4.92. The van der Waals surface area contributed by atoms with Gasteiger partial charge in [0.05, 0.1) is 6.42 Å². The van der Waals surface area contributed by atoms with Crippen molar-refractivity contribution in [2.45, 2.75) is 44.2 Å². The molecule has 0 aromatic heterocycles. The second-order valence-corrected chi connectivity index (χ2v) is 6.83. The maximum Gasteiger partial charge on any atom is 0.255 e. The highest BCUT2D eigenvalue weighted by Gasteiger charge is 2.20. The molecule has 1 saturated carbocycles. The predicted molar refractivity (Wildman–Crippen MR) is 103 cm³/mol. The van der Waals surface area contributed by atoms with Gasteiger partial charge >= 0.3 is 0 Å². The van der Waals surface area contributed by atoms with Gasteiger partial charge in [0.1, 0.15) is 0 Å². The number of benzene rings is 2. The van der Waals surface area contributed by atoms with Gasteiger partial charge in [0.15, 0.2) is 0 Å². The van der Waals surface area contributed by atoms with E-state index in [1.165, 1.54) is 0 Å². The van der Waals surface area contributed by atoms with E-state index in [1.807, 2.05) is 42.5 Å². The van der Waals surface area contributed by atoms with Gasteiger partial charge in [0.25, 0.3) is 5.91 Å². The van der Waals surface area contributed by atoms with Gasteiger partial charge in [-0.1, -0.05) is 36.4 Å². The Kier molecular flexibility index (Phi) is 6.02. The van der Waals surface area contributed by atoms with Crippen molar-refractivity contribution < 1.29 is 9.59 Å². The molecule has 26 heavy (non-hydrogen) atoms. The number of amides is 2. The van der Waals surface area contributed by atoms with E-state index in [0.717, 1.165) is 31.2 Å². The van der Waals surface area contributed by atoms with Crippen LogP contribution in [0.4, 0.5) is 5.69 Å². The summed E-state index contributed by atoms with van der Waals surface area (Å²) in [5.74, 6) is -0.202. The first-order chi connectivity index (χ1) is 12.6. The maximum atomic E-state index is 12.4. The monoisotopic (exact) mass is 351 g/mol. The van der Waals surface area contributed by atoms with Gasteiger partial charge < -0.3 is 16.4 Å². The zero-order chi connectivity index (χ0) is 18.4. The number of hydrogen-bond acceptors (Lipinski definition) is 3. The molecular formula is C21H25N3O2. The number of nitrogens with one attached hydrogen (secondary N) is 2. The summed E-state index contributed by atoms with van der Waals surface area (Å²) in [6, 6.07) is 16.9. The molecule has 4 N–H and O–H groups in total. The van der Waals surface area contributed by atoms with Crippen LogP contribution in [0.15, 0.2) is 54.6 Å². The van der Waals surface area contributed by atoms with E-state index < -0.39 is 0 Å². The Balaban J connectivity index is 1.61. The maximum absolute atomic E-state index is 12.4. The topological polar surface area (TPSA) is 84.2 Å². The fraction of sp³-hybridized carbons (Fsp3) is 0.333. The molecule has 2 amide bonds. The predicted octanol–water partition coefficient (Wildman–Crippen LogP) is 2.87. The fourth-order valence-electron chi connectivity index (χ4n) is 3.30. The Hall–Kier alpha value is -2.66. The SMILES string of the molecule is NC1CCC(NC(=O)Cc2ccccc2NC(=O)c2ccccc2)CC1. The standard InChI is InChI=1S/C21H25N3O2/c22-17-10-12-18(13-11-17)23-20(25)14-16-8-4-5-9-19(16)24-21(26)15-6-2-1-3-7-15/h1-9,17-18H,10-14,22H2,(H,23,25)(H,24,26). The summed E-state index contributed by atoms with van der Waals surface area (Å²) < 4.78 is 0. The molecule has 0 bridgehead atoms. The third-order valence-corrected chi connectivity index (χ3v) is 4.79. The summed E-state index contributed by atoms with van der Waals surface area (Å²) in [5.41, 5.74) is 7.98. The van der Waals surface area contributed by atoms with E-state index in [0.29, 0.717) is 11.3 Å². The van der Waals surface area contributed by atoms with E-state index in [1.54, 1.807) is 12.1 Å². The molecular weight excluding hydrogens is 326 g/mol. The van der Waals surface area contributed by atoms with Gasteiger partial charge in [-0.3, -0.25) is 9.59 Å². The van der Waals surface area contributed by atoms with Crippen molar-refractivity contribution in [2.75, 3.05) is 5.32 Å². The largest absolute Gasteiger partial charge is 0.353 e. The number of nitrogens with two attached hydrogens (primary N) is 1. The molecule has 1 aliphatic carbocycles. The minimum Gasteiger partial charge on any atom is -0.353 e. The van der Waals surface area contributed by atoms with Crippen LogP contribution in [-0.4, -0.2) is 23.9 Å². The Morgan fingerprint density at radius 3 is 2.31 bits per heavy atom. The molecule has 0 saturated heterocycles. The van der Waals surface area contributed by atoms with Crippen molar-refractivity contribution in [3.63, 3.8) is 0 Å². The molecule has 3 rings (SSSR count). The lowest BCUT2D eigenvalue weighted by molar-refractivity contribution is -0.121. The van der Waals surface area contributed by atoms with E-state index in [4.69, 9.17) is 5.73 Å². The summed E-state index contributed by atoms with van der Waals surface area (Å²) in [4.78, 5) is 24.8. The minimum atomic E-state index is -0.181. The van der Waals surface area contributed by atoms with Crippen LogP contribution < -0.4 is 16.4 Å². The van der Waals surface area contributed by atoms with Gasteiger partial charge in [-0.25, -0.2) is 0 Å². The van der Waals surface area contributed by atoms with Gasteiger partial charge in [-0.05, 0) is 49.4 Å². The molecule has 136 valence electrons. The summed E-state index contributed by atoms with van der Waals surface area (Å²) >= 11 is 0. The molecule has 0 spiro atoms. The molecule has 2 aromatic rings. The van der Waals surface area contributed by atoms with Gasteiger partial charge in [0, 0.05) is 23.3 Å². The van der Waals surface area contributed by atoms with Crippen LogP contribution >= 0.6 is 0 Å². The van der Waals surface area contributed by atoms with Crippen molar-refractivity contribution >= 4 is 17.5 Å². The van der Waals surface area contributed by atoms with Gasteiger partial charge in [0.2, 0.25) is 5.91 Å². The minimum absolute atomic E-state index is 0.0214. The first kappa shape index (κ1) is 18.1. The molecule has 0 atom stereocenters. The zero-order valence-electron chi connectivity index (χ0n) is 14.8. The Morgan fingerprint density at radius 2 is 1.58 bits per heavy atom. The van der Waals surface area contributed by atoms with E-state index in [2.05, 4.69) is 10.6 Å². The van der Waals surface area contributed by atoms with Gasteiger partial charge in [-0.2, -0.15) is 0 Å². The van der Waals surface area contributed by atoms with Crippen LogP contribution in [0.25, 0.3) is 0 Å². The molecule has 2 aromatic carbocycles. The number of hydrogen-bond donors (Lipinski definition) is 3. The van der Waals surface area contributed by atoms with Crippen LogP contribution in [0.5, 0.6) is 0 Å². The summed E-state index contributed by atoms with van der Waals surface area (Å²) in [6.07, 6.45) is 4.01. The second-order valence-electron chi connectivity index (χ2n) is 6.83. The number of para-hydroxylation sites is 1. The molecule has 5 heteroatoms. The smallest absolute Gasteiger partial charge is 0.255 e. The number of carbonyl (C=O) groups excluding carboxylic acids is 2. The van der Waals surface area contributed by atoms with Crippen LogP contribution in [0, 0.1) is 0 Å². The highest BCUT2D eigenvalue weighted by atomic mass is 16.2. The molecule has 0 radical (unpaired) electrons. The van der Waals surface area contributed by atoms with Crippen LogP contribution in [0.3, 0.4) is 0 Å². The third-order valence-electron chi connectivity index (χ3n) is 4.79. The zero-order valence-corrected chi connectivity index (χ0v) is 14.8. The highest BCUT2D eigenvalue weighted by molar-refractivity contribution is 6.04. The van der Waals surface area contributed by atoms with Crippen molar-refractivity contribution in [3.05, 3.63) is 65.7 Å². The lowest BCUT2D eigenvalue weighted by Gasteiger charge is -2.27. The average Bonchev–Trinajstić information content (AvgIpc) is 2.66. The summed E-state index contributed by atoms with van der Waals surface area (Å²) in [7, 11) is 0. The molecule has 0 heterocycles. The Morgan fingerprint density at radius 1 is 0.923 bits per heavy atom. The first-order valence-corrected chi connectivity index (χ1v) is 9.11. The van der Waals surface area contributed by atoms with Crippen LogP contribution in [0.2, 0.25) is 0 Å². The normalized spacial score (nSPS) is 19.6. The van der Waals surface area contributed by atoms with E-state index in [9.17, 15) is 9.59 Å². The Labute approximate surface area is 154 Å². The molecule has 1 aliphatic rings. The fourth-order valence-corrected chi connectivity index (χ4v) is 3.30. The number of rotatable bonds is 5.